The molecule has 0 saturated carbocycles. The highest BCUT2D eigenvalue weighted by Crippen LogP contribution is 2.32. The van der Waals surface area contributed by atoms with E-state index in [2.05, 4.69) is 13.8 Å². The Bertz CT molecular complexity index is 613. The van der Waals surface area contributed by atoms with Crippen molar-refractivity contribution >= 4 is 10.0 Å². The van der Waals surface area contributed by atoms with Crippen LogP contribution in [0.3, 0.4) is 0 Å². The maximum absolute atomic E-state index is 13.4. The van der Waals surface area contributed by atoms with Gasteiger partial charge in [-0.15, -0.1) is 0 Å². The van der Waals surface area contributed by atoms with E-state index in [0.29, 0.717) is 13.1 Å². The van der Waals surface area contributed by atoms with Gasteiger partial charge in [-0.1, -0.05) is 19.9 Å². The standard InChI is InChI=1S/C15H22FNO3S/c1-15(2)6-3-8-17(9-7-15)21(19,20)14-10-13(16)5-4-12(14)11-18/h4-5,10,18H,3,6-9,11H2,1-2H3. The van der Waals surface area contributed by atoms with E-state index in [1.165, 1.54) is 10.4 Å². The fourth-order valence-corrected chi connectivity index (χ4v) is 4.38. The molecule has 21 heavy (non-hydrogen) atoms. The van der Waals surface area contributed by atoms with Gasteiger partial charge in [0.05, 0.1) is 11.5 Å². The lowest BCUT2D eigenvalue weighted by atomic mass is 9.85. The minimum Gasteiger partial charge on any atom is -0.392 e. The number of aliphatic hydroxyl groups excluding tert-OH is 1. The van der Waals surface area contributed by atoms with Crippen LogP contribution in [0.15, 0.2) is 23.1 Å². The lowest BCUT2D eigenvalue weighted by molar-refractivity contribution is 0.277. The van der Waals surface area contributed by atoms with Crippen LogP contribution in [0, 0.1) is 11.2 Å². The maximum atomic E-state index is 13.4. The quantitative estimate of drug-likeness (QED) is 0.932. The van der Waals surface area contributed by atoms with Crippen LogP contribution < -0.4 is 0 Å². The van der Waals surface area contributed by atoms with Crippen molar-refractivity contribution in [1.82, 2.24) is 4.31 Å². The molecule has 0 radical (unpaired) electrons. The zero-order chi connectivity index (χ0) is 15.7. The molecule has 1 aromatic carbocycles. The molecule has 1 N–H and O–H groups in total. The first-order valence-electron chi connectivity index (χ1n) is 7.16. The van der Waals surface area contributed by atoms with E-state index in [4.69, 9.17) is 0 Å². The van der Waals surface area contributed by atoms with E-state index < -0.39 is 22.4 Å². The lowest BCUT2D eigenvalue weighted by Gasteiger charge is -2.23. The van der Waals surface area contributed by atoms with Gasteiger partial charge < -0.3 is 5.11 Å². The number of benzene rings is 1. The van der Waals surface area contributed by atoms with E-state index in [1.54, 1.807) is 0 Å². The zero-order valence-electron chi connectivity index (χ0n) is 12.5. The average molecular weight is 315 g/mol. The predicted molar refractivity (Wildman–Crippen MR) is 78.7 cm³/mol. The van der Waals surface area contributed by atoms with Crippen LogP contribution in [0.1, 0.15) is 38.7 Å². The van der Waals surface area contributed by atoms with Crippen molar-refractivity contribution in [1.29, 1.82) is 0 Å². The van der Waals surface area contributed by atoms with Crippen LogP contribution in [0.2, 0.25) is 0 Å². The van der Waals surface area contributed by atoms with Crippen molar-refractivity contribution in [2.45, 2.75) is 44.6 Å². The second-order valence-corrected chi connectivity index (χ2v) is 8.24. The Morgan fingerprint density at radius 2 is 2.00 bits per heavy atom. The fourth-order valence-electron chi connectivity index (χ4n) is 2.68. The summed E-state index contributed by atoms with van der Waals surface area (Å²) < 4.78 is 40.3. The molecule has 0 atom stereocenters. The van der Waals surface area contributed by atoms with Gasteiger partial charge in [0.2, 0.25) is 10.0 Å². The molecule has 1 heterocycles. The van der Waals surface area contributed by atoms with Crippen LogP contribution in [0.25, 0.3) is 0 Å². The van der Waals surface area contributed by atoms with Crippen LogP contribution >= 0.6 is 0 Å². The molecule has 1 saturated heterocycles. The third kappa shape index (κ3) is 3.62. The number of rotatable bonds is 3. The second-order valence-electron chi connectivity index (χ2n) is 6.33. The SMILES string of the molecule is CC1(C)CCCN(S(=O)(=O)c2cc(F)ccc2CO)CC1. The summed E-state index contributed by atoms with van der Waals surface area (Å²) in [5, 5.41) is 9.30. The molecule has 1 aliphatic rings. The summed E-state index contributed by atoms with van der Waals surface area (Å²) in [6, 6.07) is 3.48. The molecule has 1 fully saturated rings. The van der Waals surface area contributed by atoms with Crippen molar-refractivity contribution < 1.29 is 17.9 Å². The van der Waals surface area contributed by atoms with Gasteiger partial charge in [-0.3, -0.25) is 0 Å². The van der Waals surface area contributed by atoms with Crippen LogP contribution in [-0.4, -0.2) is 30.9 Å². The van der Waals surface area contributed by atoms with E-state index in [1.807, 2.05) is 0 Å². The zero-order valence-corrected chi connectivity index (χ0v) is 13.3. The Kier molecular flexibility index (Phi) is 4.70. The van der Waals surface area contributed by atoms with E-state index in [-0.39, 0.29) is 15.9 Å². The molecule has 0 bridgehead atoms. The largest absolute Gasteiger partial charge is 0.392 e. The summed E-state index contributed by atoms with van der Waals surface area (Å²) in [5.74, 6) is -0.610. The van der Waals surface area contributed by atoms with E-state index >= 15 is 0 Å². The number of halogens is 1. The topological polar surface area (TPSA) is 57.6 Å². The highest BCUT2D eigenvalue weighted by atomic mass is 32.2. The third-order valence-electron chi connectivity index (χ3n) is 4.12. The summed E-state index contributed by atoms with van der Waals surface area (Å²) in [6.45, 7) is 4.70. The van der Waals surface area contributed by atoms with Crippen molar-refractivity contribution in [3.63, 3.8) is 0 Å². The predicted octanol–water partition coefficient (Wildman–Crippen LogP) is 2.52. The first-order valence-corrected chi connectivity index (χ1v) is 8.60. The van der Waals surface area contributed by atoms with Crippen LogP contribution in [0.5, 0.6) is 0 Å². The van der Waals surface area contributed by atoms with Gasteiger partial charge in [0.25, 0.3) is 0 Å². The second kappa shape index (κ2) is 6.02. The summed E-state index contributed by atoms with van der Waals surface area (Å²) in [6.07, 6.45) is 2.53. The van der Waals surface area contributed by atoms with Gasteiger partial charge >= 0.3 is 0 Å². The minimum absolute atomic E-state index is 0.117. The van der Waals surface area contributed by atoms with Crippen LogP contribution in [-0.2, 0) is 16.6 Å². The maximum Gasteiger partial charge on any atom is 0.243 e. The molecule has 0 aliphatic carbocycles. The van der Waals surface area contributed by atoms with Gasteiger partial charge in [-0.2, -0.15) is 4.31 Å². The van der Waals surface area contributed by atoms with E-state index in [0.717, 1.165) is 31.4 Å². The summed E-state index contributed by atoms with van der Waals surface area (Å²) in [5.41, 5.74) is 0.353. The lowest BCUT2D eigenvalue weighted by Crippen LogP contribution is -2.33. The van der Waals surface area contributed by atoms with Crippen molar-refractivity contribution in [2.75, 3.05) is 13.1 Å². The number of sulfonamides is 1. The third-order valence-corrected chi connectivity index (χ3v) is 6.10. The Morgan fingerprint density at radius 1 is 1.29 bits per heavy atom. The summed E-state index contributed by atoms with van der Waals surface area (Å²) >= 11 is 0. The molecule has 0 amide bonds. The first-order chi connectivity index (χ1) is 9.76. The Labute approximate surface area is 125 Å². The van der Waals surface area contributed by atoms with Gasteiger partial charge in [0.15, 0.2) is 0 Å². The van der Waals surface area contributed by atoms with Gasteiger partial charge in [-0.05, 0) is 42.4 Å². The minimum atomic E-state index is -3.77. The van der Waals surface area contributed by atoms with Crippen molar-refractivity contribution in [3.8, 4) is 0 Å². The molecule has 1 aromatic rings. The van der Waals surface area contributed by atoms with Crippen molar-refractivity contribution in [3.05, 3.63) is 29.6 Å². The fraction of sp³-hybridized carbons (Fsp3) is 0.600. The number of hydrogen-bond donors (Lipinski definition) is 1. The molecule has 6 heteroatoms. The van der Waals surface area contributed by atoms with Gasteiger partial charge in [0.1, 0.15) is 5.82 Å². The average Bonchev–Trinajstić information content (AvgIpc) is 2.60. The van der Waals surface area contributed by atoms with Gasteiger partial charge in [-0.25, -0.2) is 12.8 Å². The van der Waals surface area contributed by atoms with Crippen molar-refractivity contribution in [2.24, 2.45) is 5.41 Å². The molecule has 2 rings (SSSR count). The number of aliphatic hydroxyl groups is 1. The molecule has 1 aliphatic heterocycles. The number of hydrogen-bond acceptors (Lipinski definition) is 3. The molecule has 0 aromatic heterocycles. The first kappa shape index (κ1) is 16.4. The summed E-state index contributed by atoms with van der Waals surface area (Å²) in [4.78, 5) is -0.121. The Morgan fingerprint density at radius 3 is 2.67 bits per heavy atom. The molecular weight excluding hydrogens is 293 g/mol. The number of nitrogens with zero attached hydrogens (tertiary/aromatic N) is 1. The highest BCUT2D eigenvalue weighted by molar-refractivity contribution is 7.89. The molecule has 118 valence electrons. The monoisotopic (exact) mass is 315 g/mol. The molecule has 4 nitrogen and oxygen atoms in total. The summed E-state index contributed by atoms with van der Waals surface area (Å²) in [7, 11) is -3.77. The highest BCUT2D eigenvalue weighted by Gasteiger charge is 2.31. The molecule has 0 unspecified atom stereocenters. The van der Waals surface area contributed by atoms with E-state index in [9.17, 15) is 17.9 Å². The molecule has 0 spiro atoms. The Balaban J connectivity index is 2.36. The smallest absolute Gasteiger partial charge is 0.243 e. The molecular formula is C15H22FNO3S. The van der Waals surface area contributed by atoms with Crippen LogP contribution in [0.4, 0.5) is 4.39 Å². The Hall–Kier alpha value is -0.980. The van der Waals surface area contributed by atoms with Gasteiger partial charge in [0, 0.05) is 13.1 Å². The normalized spacial score (nSPS) is 20.2.